The maximum atomic E-state index is 13.2. The van der Waals surface area contributed by atoms with Crippen LogP contribution in [0.5, 0.6) is 0 Å². The van der Waals surface area contributed by atoms with E-state index in [4.69, 9.17) is 19.4 Å². The summed E-state index contributed by atoms with van der Waals surface area (Å²) in [6.45, 7) is 0. The van der Waals surface area contributed by atoms with Gasteiger partial charge in [0.05, 0.1) is 10.8 Å². The molecule has 0 spiro atoms. The minimum absolute atomic E-state index is 0.0265. The quantitative estimate of drug-likeness (QED) is 0.190. The Bertz CT molecular complexity index is 2330. The highest BCUT2D eigenvalue weighted by Gasteiger charge is 2.16. The zero-order valence-corrected chi connectivity index (χ0v) is 24.1. The molecule has 0 aliphatic carbocycles. The summed E-state index contributed by atoms with van der Waals surface area (Å²) in [5.74, 6) is 1.85. The van der Waals surface area contributed by atoms with Gasteiger partial charge in [0.1, 0.15) is 11.2 Å². The lowest BCUT2D eigenvalue weighted by atomic mass is 9.96. The molecule has 2 heterocycles. The fourth-order valence-corrected chi connectivity index (χ4v) is 5.68. The largest absolute Gasteiger partial charge is 0.456 e. The van der Waals surface area contributed by atoms with Gasteiger partial charge in [-0.05, 0) is 46.5 Å². The Morgan fingerprint density at radius 3 is 1.58 bits per heavy atom. The topological polar surface area (TPSA) is 68.9 Å². The van der Waals surface area contributed by atoms with Crippen molar-refractivity contribution in [1.29, 1.82) is 0 Å². The number of nitrogens with zero attached hydrogens (tertiary/aromatic N) is 3. The molecule has 5 heteroatoms. The van der Waals surface area contributed by atoms with Crippen LogP contribution in [-0.2, 0) is 0 Å². The summed E-state index contributed by atoms with van der Waals surface area (Å²) in [6.07, 6.45) is 0. The smallest absolute Gasteiger partial charge is 0.200 e. The summed E-state index contributed by atoms with van der Waals surface area (Å²) in [5, 5.41) is 1.15. The van der Waals surface area contributed by atoms with E-state index < -0.39 is 0 Å². The molecule has 0 atom stereocenters. The molecule has 6 aromatic carbocycles. The van der Waals surface area contributed by atoms with Crippen LogP contribution in [0.4, 0.5) is 0 Å². The van der Waals surface area contributed by atoms with Gasteiger partial charge < -0.3 is 4.42 Å². The number of rotatable bonds is 5. The first-order valence-corrected chi connectivity index (χ1v) is 14.7. The van der Waals surface area contributed by atoms with E-state index >= 15 is 0 Å². The third kappa shape index (κ3) is 4.96. The molecule has 5 nitrogen and oxygen atoms in total. The van der Waals surface area contributed by atoms with E-state index in [0.29, 0.717) is 39.4 Å². The zero-order chi connectivity index (χ0) is 30.2. The summed E-state index contributed by atoms with van der Waals surface area (Å²) in [7, 11) is 0. The second-order valence-electron chi connectivity index (χ2n) is 10.8. The fourth-order valence-electron chi connectivity index (χ4n) is 5.68. The minimum Gasteiger partial charge on any atom is -0.456 e. The van der Waals surface area contributed by atoms with Gasteiger partial charge in [-0.15, -0.1) is 0 Å². The monoisotopic (exact) mass is 579 g/mol. The summed E-state index contributed by atoms with van der Waals surface area (Å²) >= 11 is 0. The van der Waals surface area contributed by atoms with Gasteiger partial charge in [-0.1, -0.05) is 127 Å². The molecular weight excluding hydrogens is 554 g/mol. The van der Waals surface area contributed by atoms with Gasteiger partial charge in [-0.2, -0.15) is 0 Å². The Hall–Kier alpha value is -6.20. The van der Waals surface area contributed by atoms with Gasteiger partial charge in [0, 0.05) is 16.7 Å². The van der Waals surface area contributed by atoms with E-state index in [-0.39, 0.29) is 5.43 Å². The second kappa shape index (κ2) is 11.1. The standard InChI is InChI=1S/C40H25N3O2/c44-37-33-17-9-10-18-35(33)45-36-24-23-30(25-34(36)37)26-19-21-27(22-20-26)31-15-7-8-16-32(31)40-42-38(28-11-3-1-4-12-28)41-39(43-40)29-13-5-2-6-14-29/h1-25H. The van der Waals surface area contributed by atoms with Gasteiger partial charge in [-0.25, -0.2) is 15.0 Å². The summed E-state index contributed by atoms with van der Waals surface area (Å²) < 4.78 is 6.01. The van der Waals surface area contributed by atoms with Crippen molar-refractivity contribution < 1.29 is 4.42 Å². The first-order chi connectivity index (χ1) is 22.2. The SMILES string of the molecule is O=c1c2ccccc2oc2ccc(-c3ccc(-c4ccccc4-c4nc(-c5ccccc5)nc(-c5ccccc5)n4)cc3)cc12. The maximum Gasteiger partial charge on any atom is 0.200 e. The van der Waals surface area contributed by atoms with Crippen molar-refractivity contribution in [3.63, 3.8) is 0 Å². The summed E-state index contributed by atoms with van der Waals surface area (Å²) in [4.78, 5) is 28.0. The Morgan fingerprint density at radius 2 is 0.889 bits per heavy atom. The van der Waals surface area contributed by atoms with E-state index in [0.717, 1.165) is 38.9 Å². The van der Waals surface area contributed by atoms with Crippen LogP contribution < -0.4 is 5.43 Å². The highest BCUT2D eigenvalue weighted by molar-refractivity contribution is 5.92. The normalized spacial score (nSPS) is 11.2. The summed E-state index contributed by atoms with van der Waals surface area (Å²) in [5.41, 5.74) is 7.91. The van der Waals surface area contributed by atoms with Crippen LogP contribution in [0.3, 0.4) is 0 Å². The maximum absolute atomic E-state index is 13.2. The molecule has 0 saturated carbocycles. The molecule has 8 rings (SSSR count). The van der Waals surface area contributed by atoms with Crippen molar-refractivity contribution in [2.75, 3.05) is 0 Å². The van der Waals surface area contributed by atoms with Crippen molar-refractivity contribution >= 4 is 21.9 Å². The molecule has 0 aliphatic rings. The molecular formula is C40H25N3O2. The van der Waals surface area contributed by atoms with Gasteiger partial charge >= 0.3 is 0 Å². The first kappa shape index (κ1) is 26.4. The third-order valence-electron chi connectivity index (χ3n) is 7.97. The van der Waals surface area contributed by atoms with Crippen LogP contribution in [0.15, 0.2) is 161 Å². The predicted octanol–water partition coefficient (Wildman–Crippen LogP) is 9.47. The van der Waals surface area contributed by atoms with E-state index in [1.165, 1.54) is 0 Å². The molecule has 8 aromatic rings. The molecule has 0 unspecified atom stereocenters. The lowest BCUT2D eigenvalue weighted by Gasteiger charge is -2.12. The summed E-state index contributed by atoms with van der Waals surface area (Å²) in [6, 6.07) is 49.6. The van der Waals surface area contributed by atoms with Crippen molar-refractivity contribution in [2.45, 2.75) is 0 Å². The van der Waals surface area contributed by atoms with E-state index in [1.54, 1.807) is 6.07 Å². The van der Waals surface area contributed by atoms with Crippen LogP contribution in [0, 0.1) is 0 Å². The lowest BCUT2D eigenvalue weighted by molar-refractivity contribution is 0.660. The van der Waals surface area contributed by atoms with Crippen molar-refractivity contribution in [3.05, 3.63) is 162 Å². The third-order valence-corrected chi connectivity index (χ3v) is 7.97. The molecule has 0 saturated heterocycles. The molecule has 0 amide bonds. The average Bonchev–Trinajstić information content (AvgIpc) is 3.12. The lowest BCUT2D eigenvalue weighted by Crippen LogP contribution is -2.02. The van der Waals surface area contributed by atoms with Crippen molar-refractivity contribution in [3.8, 4) is 56.4 Å². The van der Waals surface area contributed by atoms with Gasteiger partial charge in [-0.3, -0.25) is 4.79 Å². The number of fused-ring (bicyclic) bond motifs is 2. The highest BCUT2D eigenvalue weighted by atomic mass is 16.3. The number of hydrogen-bond donors (Lipinski definition) is 0. The van der Waals surface area contributed by atoms with Crippen LogP contribution in [0.25, 0.3) is 78.4 Å². The predicted molar refractivity (Wildman–Crippen MR) is 181 cm³/mol. The van der Waals surface area contributed by atoms with E-state index in [2.05, 4.69) is 36.4 Å². The van der Waals surface area contributed by atoms with Crippen LogP contribution >= 0.6 is 0 Å². The zero-order valence-electron chi connectivity index (χ0n) is 24.1. The first-order valence-electron chi connectivity index (χ1n) is 14.7. The molecule has 0 radical (unpaired) electrons. The van der Waals surface area contributed by atoms with Crippen molar-refractivity contribution in [1.82, 2.24) is 15.0 Å². The molecule has 45 heavy (non-hydrogen) atoms. The molecule has 2 aromatic heterocycles. The van der Waals surface area contributed by atoms with E-state index in [9.17, 15) is 4.79 Å². The Balaban J connectivity index is 1.20. The van der Waals surface area contributed by atoms with Crippen LogP contribution in [-0.4, -0.2) is 15.0 Å². The van der Waals surface area contributed by atoms with Crippen LogP contribution in [0.2, 0.25) is 0 Å². The molecule has 0 N–H and O–H groups in total. The Kier molecular flexibility index (Phi) is 6.54. The minimum atomic E-state index is -0.0265. The fraction of sp³-hybridized carbons (Fsp3) is 0. The van der Waals surface area contributed by atoms with Gasteiger partial charge in [0.2, 0.25) is 5.43 Å². The number of aromatic nitrogens is 3. The molecule has 0 bridgehead atoms. The second-order valence-corrected chi connectivity index (χ2v) is 10.8. The van der Waals surface area contributed by atoms with Gasteiger partial charge in [0.15, 0.2) is 17.5 Å². The van der Waals surface area contributed by atoms with Crippen molar-refractivity contribution in [2.24, 2.45) is 0 Å². The number of benzene rings is 6. The number of hydrogen-bond acceptors (Lipinski definition) is 5. The highest BCUT2D eigenvalue weighted by Crippen LogP contribution is 2.34. The molecule has 0 aliphatic heterocycles. The Morgan fingerprint density at radius 1 is 0.378 bits per heavy atom. The average molecular weight is 580 g/mol. The number of para-hydroxylation sites is 1. The molecule has 0 fully saturated rings. The van der Waals surface area contributed by atoms with E-state index in [1.807, 2.05) is 109 Å². The molecule has 212 valence electrons. The Labute approximate surface area is 259 Å². The van der Waals surface area contributed by atoms with Crippen LogP contribution in [0.1, 0.15) is 0 Å². The van der Waals surface area contributed by atoms with Gasteiger partial charge in [0.25, 0.3) is 0 Å².